The van der Waals surface area contributed by atoms with Crippen molar-refractivity contribution in [1.82, 2.24) is 0 Å². The molecule has 1 unspecified atom stereocenters. The zero-order valence-electron chi connectivity index (χ0n) is 9.91. The van der Waals surface area contributed by atoms with Gasteiger partial charge in [0.15, 0.2) is 0 Å². The average Bonchev–Trinajstić information content (AvgIpc) is 2.63. The number of halogens is 2. The summed E-state index contributed by atoms with van der Waals surface area (Å²) in [6, 6.07) is 5.60. The fourth-order valence-electron chi connectivity index (χ4n) is 1.92. The third-order valence-electron chi connectivity index (χ3n) is 2.57. The minimum Gasteiger partial charge on any atom is -0.475 e. The van der Waals surface area contributed by atoms with Crippen LogP contribution in [0.15, 0.2) is 23.2 Å². The maximum absolute atomic E-state index is 5.95. The van der Waals surface area contributed by atoms with Gasteiger partial charge >= 0.3 is 0 Å². The molecule has 0 aromatic heterocycles. The third-order valence-corrected chi connectivity index (χ3v) is 3.00. The van der Waals surface area contributed by atoms with E-state index in [2.05, 4.69) is 18.8 Å². The Bertz CT molecular complexity index is 423. The Balaban J connectivity index is 2.18. The first-order valence-electron chi connectivity index (χ1n) is 5.71. The maximum atomic E-state index is 5.95. The highest BCUT2D eigenvalue weighted by Gasteiger charge is 2.21. The van der Waals surface area contributed by atoms with Crippen LogP contribution in [0.4, 0.5) is 0 Å². The Morgan fingerprint density at radius 3 is 2.53 bits per heavy atom. The molecule has 0 radical (unpaired) electrons. The lowest BCUT2D eigenvalue weighted by Crippen LogP contribution is -2.09. The van der Waals surface area contributed by atoms with Crippen LogP contribution in [0, 0.1) is 5.92 Å². The summed E-state index contributed by atoms with van der Waals surface area (Å²) in [5.41, 5.74) is 0.855. The van der Waals surface area contributed by atoms with E-state index in [4.69, 9.17) is 27.9 Å². The third kappa shape index (κ3) is 3.36. The van der Waals surface area contributed by atoms with E-state index < -0.39 is 0 Å². The van der Waals surface area contributed by atoms with Crippen LogP contribution >= 0.6 is 23.2 Å². The van der Waals surface area contributed by atoms with Gasteiger partial charge in [-0.2, -0.15) is 0 Å². The molecule has 2 rings (SSSR count). The molecule has 0 N–H and O–H groups in total. The van der Waals surface area contributed by atoms with E-state index in [1.165, 1.54) is 0 Å². The van der Waals surface area contributed by atoms with Gasteiger partial charge in [0.05, 0.1) is 6.04 Å². The molecule has 0 saturated carbocycles. The number of ether oxygens (including phenoxy) is 1. The van der Waals surface area contributed by atoms with E-state index in [0.29, 0.717) is 28.5 Å². The molecule has 1 aromatic carbocycles. The normalized spacial score (nSPS) is 19.4. The van der Waals surface area contributed by atoms with Crippen molar-refractivity contribution >= 4 is 29.1 Å². The second-order valence-electron chi connectivity index (χ2n) is 4.69. The number of hydrogen-bond donors (Lipinski definition) is 0. The van der Waals surface area contributed by atoms with E-state index in [0.717, 1.165) is 12.0 Å². The summed E-state index contributed by atoms with van der Waals surface area (Å²) in [5.74, 6) is 1.27. The number of nitrogens with zero attached hydrogens (tertiary/aromatic N) is 1. The number of aliphatic imine (C=N–C) groups is 1. The smallest absolute Gasteiger partial charge is 0.216 e. The second-order valence-corrected chi connectivity index (χ2v) is 5.56. The average molecular weight is 272 g/mol. The maximum Gasteiger partial charge on any atom is 0.216 e. The van der Waals surface area contributed by atoms with Crippen LogP contribution in [0.2, 0.25) is 10.0 Å². The van der Waals surface area contributed by atoms with Gasteiger partial charge in [-0.15, -0.1) is 0 Å². The Morgan fingerprint density at radius 2 is 1.94 bits per heavy atom. The molecule has 1 aliphatic rings. The highest BCUT2D eigenvalue weighted by atomic mass is 35.5. The largest absolute Gasteiger partial charge is 0.475 e. The van der Waals surface area contributed by atoms with Crippen molar-refractivity contribution in [3.8, 4) is 0 Å². The first kappa shape index (κ1) is 12.7. The van der Waals surface area contributed by atoms with Gasteiger partial charge in [0.1, 0.15) is 6.61 Å². The first-order valence-corrected chi connectivity index (χ1v) is 6.47. The van der Waals surface area contributed by atoms with E-state index in [-0.39, 0.29) is 6.04 Å². The molecule has 0 fully saturated rings. The quantitative estimate of drug-likeness (QED) is 0.808. The Labute approximate surface area is 112 Å². The molecular formula is C13H15Cl2NO. The molecule has 0 saturated heterocycles. The van der Waals surface area contributed by atoms with Crippen molar-refractivity contribution in [3.05, 3.63) is 33.8 Å². The van der Waals surface area contributed by atoms with E-state index in [1.54, 1.807) is 6.07 Å². The van der Waals surface area contributed by atoms with Gasteiger partial charge in [-0.25, -0.2) is 4.99 Å². The lowest BCUT2D eigenvalue weighted by Gasteiger charge is -2.06. The summed E-state index contributed by atoms with van der Waals surface area (Å²) in [7, 11) is 0. The van der Waals surface area contributed by atoms with Crippen LogP contribution in [0.5, 0.6) is 0 Å². The van der Waals surface area contributed by atoms with Crippen LogP contribution in [0.1, 0.15) is 25.8 Å². The topological polar surface area (TPSA) is 21.6 Å². The zero-order valence-corrected chi connectivity index (χ0v) is 11.4. The summed E-state index contributed by atoms with van der Waals surface area (Å²) in [4.78, 5) is 4.56. The van der Waals surface area contributed by atoms with E-state index >= 15 is 0 Å². The summed E-state index contributed by atoms with van der Waals surface area (Å²) in [6.45, 7) is 5.02. The molecule has 17 heavy (non-hydrogen) atoms. The number of rotatable bonds is 3. The number of hydrogen-bond acceptors (Lipinski definition) is 2. The van der Waals surface area contributed by atoms with Gasteiger partial charge in [0.2, 0.25) is 5.90 Å². The molecule has 0 spiro atoms. The van der Waals surface area contributed by atoms with Gasteiger partial charge in [-0.1, -0.05) is 37.0 Å². The standard InChI is InChI=1S/C13H15Cl2NO/c1-8(2)3-12-7-17-13(16-12)9-4-10(14)6-11(15)5-9/h4-6,8,12H,3,7H2,1-2H3. The van der Waals surface area contributed by atoms with Gasteiger partial charge < -0.3 is 4.74 Å². The fraction of sp³-hybridized carbons (Fsp3) is 0.462. The zero-order chi connectivity index (χ0) is 12.4. The molecule has 1 heterocycles. The highest BCUT2D eigenvalue weighted by molar-refractivity contribution is 6.35. The molecule has 1 aromatic rings. The molecule has 0 bridgehead atoms. The summed E-state index contributed by atoms with van der Waals surface area (Å²) in [6.07, 6.45) is 1.04. The Hall–Kier alpha value is -0.730. The lowest BCUT2D eigenvalue weighted by atomic mass is 10.1. The van der Waals surface area contributed by atoms with Gasteiger partial charge in [-0.05, 0) is 30.5 Å². The summed E-state index contributed by atoms with van der Waals surface area (Å²) >= 11 is 11.9. The van der Waals surface area contributed by atoms with Crippen molar-refractivity contribution in [3.63, 3.8) is 0 Å². The summed E-state index contributed by atoms with van der Waals surface area (Å²) < 4.78 is 5.60. The van der Waals surface area contributed by atoms with Crippen LogP contribution < -0.4 is 0 Å². The highest BCUT2D eigenvalue weighted by Crippen LogP contribution is 2.23. The lowest BCUT2D eigenvalue weighted by molar-refractivity contribution is 0.301. The van der Waals surface area contributed by atoms with Crippen LogP contribution in [0.25, 0.3) is 0 Å². The minimum absolute atomic E-state index is 0.253. The molecule has 0 amide bonds. The van der Waals surface area contributed by atoms with Crippen LogP contribution in [-0.4, -0.2) is 18.5 Å². The monoisotopic (exact) mass is 271 g/mol. The van der Waals surface area contributed by atoms with Crippen molar-refractivity contribution in [2.75, 3.05) is 6.61 Å². The van der Waals surface area contributed by atoms with Crippen molar-refractivity contribution in [2.45, 2.75) is 26.3 Å². The molecule has 4 heteroatoms. The van der Waals surface area contributed by atoms with E-state index in [9.17, 15) is 0 Å². The Morgan fingerprint density at radius 1 is 1.29 bits per heavy atom. The SMILES string of the molecule is CC(C)CC1COC(c2cc(Cl)cc(Cl)c2)=N1. The fourth-order valence-corrected chi connectivity index (χ4v) is 2.44. The second kappa shape index (κ2) is 5.28. The van der Waals surface area contributed by atoms with Crippen molar-refractivity contribution < 1.29 is 4.74 Å². The molecule has 1 aliphatic heterocycles. The number of benzene rings is 1. The summed E-state index contributed by atoms with van der Waals surface area (Å²) in [5, 5.41) is 1.21. The molecular weight excluding hydrogens is 257 g/mol. The molecule has 2 nitrogen and oxygen atoms in total. The first-order chi connectivity index (χ1) is 8.04. The van der Waals surface area contributed by atoms with Crippen LogP contribution in [0.3, 0.4) is 0 Å². The van der Waals surface area contributed by atoms with Crippen molar-refractivity contribution in [2.24, 2.45) is 10.9 Å². The van der Waals surface area contributed by atoms with Gasteiger partial charge in [0.25, 0.3) is 0 Å². The van der Waals surface area contributed by atoms with E-state index in [1.807, 2.05) is 12.1 Å². The molecule has 0 aliphatic carbocycles. The van der Waals surface area contributed by atoms with Crippen molar-refractivity contribution in [1.29, 1.82) is 0 Å². The molecule has 92 valence electrons. The predicted molar refractivity (Wildman–Crippen MR) is 72.2 cm³/mol. The minimum atomic E-state index is 0.253. The van der Waals surface area contributed by atoms with Gasteiger partial charge in [-0.3, -0.25) is 0 Å². The Kier molecular flexibility index (Phi) is 3.95. The van der Waals surface area contributed by atoms with Gasteiger partial charge in [0, 0.05) is 15.6 Å². The predicted octanol–water partition coefficient (Wildman–Crippen LogP) is 4.18. The van der Waals surface area contributed by atoms with Crippen LogP contribution in [-0.2, 0) is 4.74 Å². The molecule has 1 atom stereocenters.